The van der Waals surface area contributed by atoms with Gasteiger partial charge < -0.3 is 19.7 Å². The zero-order valence-corrected chi connectivity index (χ0v) is 26.0. The van der Waals surface area contributed by atoms with Crippen LogP contribution in [0.25, 0.3) is 0 Å². The Kier molecular flexibility index (Phi) is 11.2. The molecule has 4 rings (SSSR count). The first kappa shape index (κ1) is 33.6. The molecule has 238 valence electrons. The predicted molar refractivity (Wildman–Crippen MR) is 163 cm³/mol. The fourth-order valence-corrected chi connectivity index (χ4v) is 6.68. The van der Waals surface area contributed by atoms with Crippen molar-refractivity contribution in [3.8, 4) is 11.8 Å². The second-order valence-corrected chi connectivity index (χ2v) is 12.3. The van der Waals surface area contributed by atoms with Gasteiger partial charge in [-0.3, -0.25) is 0 Å². The first-order chi connectivity index (χ1) is 21.1. The van der Waals surface area contributed by atoms with Crippen molar-refractivity contribution >= 4 is 11.9 Å². The molecule has 8 heteroatoms. The highest BCUT2D eigenvalue weighted by Crippen LogP contribution is 2.50. The summed E-state index contributed by atoms with van der Waals surface area (Å²) in [5, 5.41) is 20.0. The number of carboxylic acid groups (broad SMARTS) is 2. The van der Waals surface area contributed by atoms with Crippen molar-refractivity contribution < 1.29 is 38.1 Å². The number of carboxylic acids is 2. The molecule has 1 aliphatic carbocycles. The molecule has 1 aliphatic heterocycles. The zero-order valence-electron chi connectivity index (χ0n) is 26.0. The van der Waals surface area contributed by atoms with Gasteiger partial charge in [-0.1, -0.05) is 76.8 Å². The SMILES string of the molecule is CCCCC1(c2ccc(C#Cc3ccc(C4CCC(CCC)CC4)cc3)c(F)c2F)O[C@@H](C(=O)O)[C@](CCCC)(C(=O)O)O1. The Bertz CT molecular complexity index is 1370. The third kappa shape index (κ3) is 7.00. The number of rotatable bonds is 12. The van der Waals surface area contributed by atoms with Crippen molar-refractivity contribution in [2.75, 3.05) is 0 Å². The summed E-state index contributed by atoms with van der Waals surface area (Å²) in [7, 11) is 0. The molecule has 1 unspecified atom stereocenters. The molecular formula is C36H44F2O6. The van der Waals surface area contributed by atoms with Gasteiger partial charge in [-0.15, -0.1) is 0 Å². The second-order valence-electron chi connectivity index (χ2n) is 12.3. The Labute approximate surface area is 259 Å². The van der Waals surface area contributed by atoms with Crippen molar-refractivity contribution in [1.82, 2.24) is 0 Å². The Balaban J connectivity index is 1.60. The lowest BCUT2D eigenvalue weighted by Crippen LogP contribution is -2.51. The van der Waals surface area contributed by atoms with E-state index in [0.717, 1.165) is 5.92 Å². The van der Waals surface area contributed by atoms with E-state index in [0.29, 0.717) is 37.2 Å². The Morgan fingerprint density at radius 3 is 2.11 bits per heavy atom. The van der Waals surface area contributed by atoms with Crippen LogP contribution in [-0.4, -0.2) is 33.9 Å². The molecule has 0 radical (unpaired) electrons. The summed E-state index contributed by atoms with van der Waals surface area (Å²) >= 11 is 0. The maximum atomic E-state index is 15.8. The van der Waals surface area contributed by atoms with Crippen LogP contribution >= 0.6 is 0 Å². The Morgan fingerprint density at radius 1 is 0.864 bits per heavy atom. The number of halogens is 2. The molecule has 2 aromatic carbocycles. The van der Waals surface area contributed by atoms with Gasteiger partial charge in [-0.05, 0) is 80.2 Å². The van der Waals surface area contributed by atoms with Gasteiger partial charge in [0.2, 0.25) is 5.60 Å². The Morgan fingerprint density at radius 2 is 1.52 bits per heavy atom. The van der Waals surface area contributed by atoms with Gasteiger partial charge in [-0.25, -0.2) is 18.4 Å². The van der Waals surface area contributed by atoms with E-state index >= 15 is 8.78 Å². The molecule has 44 heavy (non-hydrogen) atoms. The minimum Gasteiger partial charge on any atom is -0.479 e. The summed E-state index contributed by atoms with van der Waals surface area (Å²) in [6, 6.07) is 10.5. The maximum Gasteiger partial charge on any atom is 0.339 e. The van der Waals surface area contributed by atoms with E-state index in [1.54, 1.807) is 0 Å². The normalized spacial score (nSPS) is 26.6. The number of aliphatic carboxylic acids is 2. The average Bonchev–Trinajstić information content (AvgIpc) is 3.37. The molecule has 6 nitrogen and oxygen atoms in total. The van der Waals surface area contributed by atoms with E-state index in [4.69, 9.17) is 9.47 Å². The topological polar surface area (TPSA) is 93.1 Å². The van der Waals surface area contributed by atoms with Crippen LogP contribution in [-0.2, 0) is 24.8 Å². The average molecular weight is 611 g/mol. The molecule has 0 amide bonds. The standard InChI is InChI=1S/C36H44F2O6/c1-4-7-22-35(34(41)42)32(33(39)40)43-36(44-35,23-8-5-2)29-21-20-28(30(37)31(29)38)19-14-25-12-17-27(18-13-25)26-15-10-24(9-6-3)11-16-26/h12-13,17-18,20-21,24,26,32H,4-11,15-16,22-23H2,1-3H3,(H,39,40)(H,41,42)/t24?,26?,32-,35+,36?/m0/s1. The van der Waals surface area contributed by atoms with Gasteiger partial charge >= 0.3 is 11.9 Å². The summed E-state index contributed by atoms with van der Waals surface area (Å²) in [5.41, 5.74) is -0.864. The van der Waals surface area contributed by atoms with Crippen molar-refractivity contribution in [1.29, 1.82) is 0 Å². The number of carbonyl (C=O) groups is 2. The smallest absolute Gasteiger partial charge is 0.339 e. The number of hydrogen-bond acceptors (Lipinski definition) is 4. The van der Waals surface area contributed by atoms with Crippen LogP contribution < -0.4 is 0 Å². The number of unbranched alkanes of at least 4 members (excludes halogenated alkanes) is 2. The van der Waals surface area contributed by atoms with Crippen LogP contribution in [0.5, 0.6) is 0 Å². The van der Waals surface area contributed by atoms with Crippen molar-refractivity contribution in [2.45, 2.75) is 121 Å². The van der Waals surface area contributed by atoms with Crippen molar-refractivity contribution in [3.63, 3.8) is 0 Å². The van der Waals surface area contributed by atoms with Crippen LogP contribution in [0.2, 0.25) is 0 Å². The molecule has 2 fully saturated rings. The van der Waals surface area contributed by atoms with E-state index in [2.05, 4.69) is 30.9 Å². The third-order valence-corrected chi connectivity index (χ3v) is 9.19. The zero-order chi connectivity index (χ0) is 31.9. The molecule has 2 aromatic rings. The summed E-state index contributed by atoms with van der Waals surface area (Å²) in [5.74, 6) is -0.687. The molecule has 2 N–H and O–H groups in total. The van der Waals surface area contributed by atoms with Crippen molar-refractivity contribution in [2.24, 2.45) is 5.92 Å². The summed E-state index contributed by atoms with van der Waals surface area (Å²) < 4.78 is 43.1. The highest BCUT2D eigenvalue weighted by atomic mass is 19.2. The van der Waals surface area contributed by atoms with Crippen LogP contribution in [0.3, 0.4) is 0 Å². The van der Waals surface area contributed by atoms with Crippen LogP contribution in [0.4, 0.5) is 8.78 Å². The van der Waals surface area contributed by atoms with Gasteiger partial charge in [0.05, 0.1) is 5.56 Å². The number of benzene rings is 2. The first-order valence-electron chi connectivity index (χ1n) is 16.0. The largest absolute Gasteiger partial charge is 0.479 e. The maximum absolute atomic E-state index is 15.8. The molecule has 2 aliphatic rings. The van der Waals surface area contributed by atoms with Crippen LogP contribution in [0, 0.1) is 29.4 Å². The molecule has 1 saturated heterocycles. The molecule has 1 heterocycles. The quantitative estimate of drug-likeness (QED) is 0.235. The summed E-state index contributed by atoms with van der Waals surface area (Å²) in [6.45, 7) is 5.92. The number of hydrogen-bond donors (Lipinski definition) is 2. The second kappa shape index (κ2) is 14.7. The lowest BCUT2D eigenvalue weighted by molar-refractivity contribution is -0.214. The minimum atomic E-state index is -2.25. The highest BCUT2D eigenvalue weighted by Gasteiger charge is 2.65. The summed E-state index contributed by atoms with van der Waals surface area (Å²) in [4.78, 5) is 24.7. The van der Waals surface area contributed by atoms with Crippen LogP contribution in [0.15, 0.2) is 36.4 Å². The third-order valence-electron chi connectivity index (χ3n) is 9.19. The molecule has 0 bridgehead atoms. The van der Waals surface area contributed by atoms with Gasteiger partial charge in [0.15, 0.2) is 23.5 Å². The van der Waals surface area contributed by atoms with Crippen LogP contribution in [0.1, 0.15) is 126 Å². The molecule has 0 spiro atoms. The molecule has 3 atom stereocenters. The highest BCUT2D eigenvalue weighted by molar-refractivity contribution is 5.88. The van der Waals surface area contributed by atoms with Gasteiger partial charge in [0.25, 0.3) is 0 Å². The van der Waals surface area contributed by atoms with E-state index in [9.17, 15) is 19.8 Å². The minimum absolute atomic E-state index is 0.0532. The van der Waals surface area contributed by atoms with Gasteiger partial charge in [-0.2, -0.15) is 0 Å². The van der Waals surface area contributed by atoms with E-state index in [1.165, 1.54) is 56.2 Å². The first-order valence-corrected chi connectivity index (χ1v) is 16.0. The lowest BCUT2D eigenvalue weighted by atomic mass is 9.77. The molecular weight excluding hydrogens is 566 g/mol. The number of ether oxygens (including phenoxy) is 2. The van der Waals surface area contributed by atoms with Gasteiger partial charge in [0.1, 0.15) is 0 Å². The monoisotopic (exact) mass is 610 g/mol. The van der Waals surface area contributed by atoms with E-state index in [-0.39, 0.29) is 24.0 Å². The molecule has 1 saturated carbocycles. The van der Waals surface area contributed by atoms with Gasteiger partial charge in [0, 0.05) is 17.5 Å². The molecule has 0 aromatic heterocycles. The van der Waals surface area contributed by atoms with Crippen molar-refractivity contribution in [3.05, 3.63) is 70.3 Å². The Hall–Kier alpha value is -3.28. The fourth-order valence-electron chi connectivity index (χ4n) is 6.68. The fraction of sp³-hybridized carbons (Fsp3) is 0.556. The van der Waals surface area contributed by atoms with E-state index < -0.39 is 41.1 Å². The summed E-state index contributed by atoms with van der Waals surface area (Å²) in [6.07, 6.45) is 7.20. The van der Waals surface area contributed by atoms with E-state index in [1.807, 2.05) is 26.0 Å². The predicted octanol–water partition coefficient (Wildman–Crippen LogP) is 8.30. The lowest BCUT2D eigenvalue weighted by Gasteiger charge is -2.31.